The van der Waals surface area contributed by atoms with Gasteiger partial charge in [-0.3, -0.25) is 4.79 Å². The van der Waals surface area contributed by atoms with Gasteiger partial charge in [0.15, 0.2) is 0 Å². The van der Waals surface area contributed by atoms with E-state index in [0.29, 0.717) is 19.5 Å². The second-order valence-electron chi connectivity index (χ2n) is 5.77. The lowest BCUT2D eigenvalue weighted by atomic mass is 10.1. The van der Waals surface area contributed by atoms with Crippen molar-refractivity contribution in [2.75, 3.05) is 5.73 Å². The molecule has 2 aromatic carbocycles. The van der Waals surface area contributed by atoms with Gasteiger partial charge in [-0.1, -0.05) is 35.9 Å². The molecular weight excluding hydrogens is 260 g/mol. The molecule has 3 rings (SSSR count). The number of hydrogen-bond acceptors (Lipinski definition) is 2. The second kappa shape index (κ2) is 5.60. The molecule has 0 bridgehead atoms. The average Bonchev–Trinajstić information content (AvgIpc) is 2.88. The summed E-state index contributed by atoms with van der Waals surface area (Å²) >= 11 is 0. The first-order valence-corrected chi connectivity index (χ1v) is 7.32. The third-order valence-corrected chi connectivity index (χ3v) is 4.02. The Balaban J connectivity index is 1.60. The van der Waals surface area contributed by atoms with Crippen LogP contribution in [0.15, 0.2) is 42.5 Å². The van der Waals surface area contributed by atoms with Gasteiger partial charge in [-0.25, -0.2) is 0 Å². The monoisotopic (exact) mass is 280 g/mol. The Hall–Kier alpha value is -2.29. The first kappa shape index (κ1) is 13.7. The number of anilines is 1. The molecule has 1 amide bonds. The number of nitrogens with zero attached hydrogens (tertiary/aromatic N) is 1. The van der Waals surface area contributed by atoms with Crippen LogP contribution in [0.25, 0.3) is 0 Å². The third kappa shape index (κ3) is 3.07. The summed E-state index contributed by atoms with van der Waals surface area (Å²) in [5.74, 6) is 0.214. The molecule has 0 saturated heterocycles. The van der Waals surface area contributed by atoms with Crippen molar-refractivity contribution < 1.29 is 4.79 Å². The average molecular weight is 280 g/mol. The van der Waals surface area contributed by atoms with E-state index in [0.717, 1.165) is 12.1 Å². The highest BCUT2D eigenvalue weighted by Crippen LogP contribution is 2.25. The molecule has 1 heterocycles. The van der Waals surface area contributed by atoms with E-state index < -0.39 is 0 Å². The van der Waals surface area contributed by atoms with Gasteiger partial charge in [-0.2, -0.15) is 0 Å². The van der Waals surface area contributed by atoms with E-state index >= 15 is 0 Å². The van der Waals surface area contributed by atoms with Crippen molar-refractivity contribution >= 4 is 11.6 Å². The molecule has 0 aliphatic carbocycles. The van der Waals surface area contributed by atoms with Gasteiger partial charge in [0.1, 0.15) is 0 Å². The Labute approximate surface area is 125 Å². The summed E-state index contributed by atoms with van der Waals surface area (Å²) in [6, 6.07) is 14.3. The van der Waals surface area contributed by atoms with Crippen molar-refractivity contribution in [3.63, 3.8) is 0 Å². The number of aryl methyl sites for hydroxylation is 2. The Kier molecular flexibility index (Phi) is 3.65. The van der Waals surface area contributed by atoms with Gasteiger partial charge in [-0.15, -0.1) is 0 Å². The quantitative estimate of drug-likeness (QED) is 0.878. The number of benzene rings is 2. The highest BCUT2D eigenvalue weighted by atomic mass is 16.2. The minimum Gasteiger partial charge on any atom is -0.399 e. The number of hydrogen-bond donors (Lipinski definition) is 1. The fourth-order valence-electron chi connectivity index (χ4n) is 2.87. The summed E-state index contributed by atoms with van der Waals surface area (Å²) < 4.78 is 0. The van der Waals surface area contributed by atoms with Gasteiger partial charge in [0.05, 0.1) is 0 Å². The summed E-state index contributed by atoms with van der Waals surface area (Å²) in [4.78, 5) is 14.3. The van der Waals surface area contributed by atoms with Crippen molar-refractivity contribution in [1.82, 2.24) is 4.90 Å². The Morgan fingerprint density at radius 2 is 1.95 bits per heavy atom. The largest absolute Gasteiger partial charge is 0.399 e. The molecule has 0 unspecified atom stereocenters. The lowest BCUT2D eigenvalue weighted by molar-refractivity contribution is -0.131. The van der Waals surface area contributed by atoms with Crippen LogP contribution in [-0.2, 0) is 24.3 Å². The van der Waals surface area contributed by atoms with Crippen LogP contribution in [0, 0.1) is 6.92 Å². The predicted octanol–water partition coefficient (Wildman–Crippen LogP) is 3.05. The molecule has 0 aromatic heterocycles. The minimum absolute atomic E-state index is 0.214. The number of carbonyl (C=O) groups is 1. The van der Waals surface area contributed by atoms with Crippen molar-refractivity contribution in [2.45, 2.75) is 32.9 Å². The molecule has 0 radical (unpaired) electrons. The molecule has 21 heavy (non-hydrogen) atoms. The maximum Gasteiger partial charge on any atom is 0.223 e. The number of rotatable bonds is 3. The van der Waals surface area contributed by atoms with Crippen LogP contribution in [0.1, 0.15) is 28.7 Å². The van der Waals surface area contributed by atoms with Crippen LogP contribution in [-0.4, -0.2) is 10.8 Å². The Morgan fingerprint density at radius 3 is 2.76 bits per heavy atom. The molecule has 108 valence electrons. The normalized spacial score (nSPS) is 13.3. The summed E-state index contributed by atoms with van der Waals surface area (Å²) in [7, 11) is 0. The van der Waals surface area contributed by atoms with Gasteiger partial charge >= 0.3 is 0 Å². The lowest BCUT2D eigenvalue weighted by Gasteiger charge is -2.15. The molecule has 1 aliphatic heterocycles. The summed E-state index contributed by atoms with van der Waals surface area (Å²) in [6.45, 7) is 3.47. The number of fused-ring (bicyclic) bond motifs is 1. The van der Waals surface area contributed by atoms with E-state index in [2.05, 4.69) is 25.1 Å². The van der Waals surface area contributed by atoms with Crippen LogP contribution < -0.4 is 5.73 Å². The highest BCUT2D eigenvalue weighted by Gasteiger charge is 2.22. The van der Waals surface area contributed by atoms with E-state index in [1.54, 1.807) is 0 Å². The van der Waals surface area contributed by atoms with E-state index in [1.165, 1.54) is 22.3 Å². The fraction of sp³-hybridized carbons (Fsp3) is 0.278. The van der Waals surface area contributed by atoms with Gasteiger partial charge in [0.2, 0.25) is 5.91 Å². The first-order chi connectivity index (χ1) is 10.1. The Morgan fingerprint density at radius 1 is 1.14 bits per heavy atom. The zero-order valence-electron chi connectivity index (χ0n) is 12.3. The molecule has 0 spiro atoms. The van der Waals surface area contributed by atoms with Gasteiger partial charge in [0.25, 0.3) is 0 Å². The van der Waals surface area contributed by atoms with Crippen molar-refractivity contribution in [3.05, 3.63) is 64.7 Å². The number of carbonyl (C=O) groups excluding carboxylic acids is 1. The number of nitrogens with two attached hydrogens (primary N) is 1. The zero-order chi connectivity index (χ0) is 14.8. The van der Waals surface area contributed by atoms with Crippen LogP contribution in [0.5, 0.6) is 0 Å². The third-order valence-electron chi connectivity index (χ3n) is 4.02. The van der Waals surface area contributed by atoms with Gasteiger partial charge in [0, 0.05) is 25.2 Å². The SMILES string of the molecule is Cc1cccc(CCC(=O)N2Cc3ccc(N)cc3C2)c1. The van der Waals surface area contributed by atoms with E-state index in [4.69, 9.17) is 5.73 Å². The number of amides is 1. The van der Waals surface area contributed by atoms with Crippen molar-refractivity contribution in [3.8, 4) is 0 Å². The molecule has 0 saturated carbocycles. The molecule has 0 atom stereocenters. The summed E-state index contributed by atoms with van der Waals surface area (Å²) in [5.41, 5.74) is 11.4. The Bertz CT molecular complexity index is 679. The summed E-state index contributed by atoms with van der Waals surface area (Å²) in [6.07, 6.45) is 1.36. The van der Waals surface area contributed by atoms with Crippen molar-refractivity contribution in [2.24, 2.45) is 0 Å². The van der Waals surface area contributed by atoms with Crippen LogP contribution >= 0.6 is 0 Å². The smallest absolute Gasteiger partial charge is 0.223 e. The van der Waals surface area contributed by atoms with Crippen LogP contribution in [0.2, 0.25) is 0 Å². The molecule has 0 fully saturated rings. The molecule has 3 heteroatoms. The second-order valence-corrected chi connectivity index (χ2v) is 5.77. The maximum absolute atomic E-state index is 12.4. The van der Waals surface area contributed by atoms with Crippen LogP contribution in [0.3, 0.4) is 0 Å². The molecule has 3 nitrogen and oxygen atoms in total. The molecular formula is C18H20N2O. The highest BCUT2D eigenvalue weighted by molar-refractivity contribution is 5.77. The molecule has 2 N–H and O–H groups in total. The predicted molar refractivity (Wildman–Crippen MR) is 84.6 cm³/mol. The number of nitrogen functional groups attached to an aromatic ring is 1. The zero-order valence-corrected chi connectivity index (χ0v) is 12.3. The lowest BCUT2D eigenvalue weighted by Crippen LogP contribution is -2.25. The van der Waals surface area contributed by atoms with E-state index in [-0.39, 0.29) is 5.91 Å². The van der Waals surface area contributed by atoms with E-state index in [9.17, 15) is 4.79 Å². The standard InChI is InChI=1S/C18H20N2O/c1-13-3-2-4-14(9-13)5-8-18(21)20-11-15-6-7-17(19)10-16(15)12-20/h2-4,6-7,9-10H,5,8,11-12,19H2,1H3. The fourth-order valence-corrected chi connectivity index (χ4v) is 2.87. The molecule has 2 aromatic rings. The van der Waals surface area contributed by atoms with E-state index in [1.807, 2.05) is 29.2 Å². The maximum atomic E-state index is 12.4. The topological polar surface area (TPSA) is 46.3 Å². The molecule has 1 aliphatic rings. The van der Waals surface area contributed by atoms with Gasteiger partial charge in [-0.05, 0) is 42.2 Å². The first-order valence-electron chi connectivity index (χ1n) is 7.32. The van der Waals surface area contributed by atoms with Crippen LogP contribution in [0.4, 0.5) is 5.69 Å². The summed E-state index contributed by atoms with van der Waals surface area (Å²) in [5, 5.41) is 0. The minimum atomic E-state index is 0.214. The van der Waals surface area contributed by atoms with Gasteiger partial charge < -0.3 is 10.6 Å². The van der Waals surface area contributed by atoms with Crippen molar-refractivity contribution in [1.29, 1.82) is 0 Å².